The van der Waals surface area contributed by atoms with Crippen LogP contribution in [0, 0.1) is 5.41 Å². The SMILES string of the molecule is C=CC(=O)OCCOC(C)OCCOCCOCC(CC)(COCCOCCOC(=O)c1cccc2sc3ccccc3c(=O)c12)COCCOCCOC(=O)c1cccc2sc3ccccc3c(=O)c12. The van der Waals surface area contributed by atoms with E-state index in [4.69, 9.17) is 52.1 Å². The zero-order chi connectivity index (χ0) is 50.3. The van der Waals surface area contributed by atoms with Crippen molar-refractivity contribution in [2.75, 3.05) is 112 Å². The van der Waals surface area contributed by atoms with Gasteiger partial charge in [-0.05, 0) is 61.9 Å². The molecule has 2 heterocycles. The van der Waals surface area contributed by atoms with E-state index in [1.165, 1.54) is 22.7 Å². The summed E-state index contributed by atoms with van der Waals surface area (Å²) in [4.78, 5) is 63.9. The summed E-state index contributed by atoms with van der Waals surface area (Å²) in [6.07, 6.45) is 1.23. The average Bonchev–Trinajstić information content (AvgIpc) is 3.39. The smallest absolute Gasteiger partial charge is 0.339 e. The monoisotopic (exact) mass is 1020 g/mol. The number of esters is 3. The van der Waals surface area contributed by atoms with E-state index in [0.29, 0.717) is 77.0 Å². The van der Waals surface area contributed by atoms with Gasteiger partial charge in [-0.2, -0.15) is 0 Å². The summed E-state index contributed by atoms with van der Waals surface area (Å²) in [6.45, 7) is 10.8. The summed E-state index contributed by atoms with van der Waals surface area (Å²) in [5, 5.41) is 1.81. The molecule has 6 rings (SSSR count). The fraction of sp³-hybridized carbons (Fsp3) is 0.415. The van der Waals surface area contributed by atoms with Crippen molar-refractivity contribution in [1.82, 2.24) is 0 Å². The fourth-order valence-corrected chi connectivity index (χ4v) is 9.48. The summed E-state index contributed by atoms with van der Waals surface area (Å²) in [7, 11) is 0. The summed E-state index contributed by atoms with van der Waals surface area (Å²) in [6, 6.07) is 25.0. The topological polar surface area (TPSA) is 187 Å². The number of carbonyl (C=O) groups is 3. The lowest BCUT2D eigenvalue weighted by Crippen LogP contribution is -2.38. The highest BCUT2D eigenvalue weighted by Crippen LogP contribution is 2.29. The Morgan fingerprint density at radius 3 is 1.34 bits per heavy atom. The van der Waals surface area contributed by atoms with Crippen LogP contribution in [0.2, 0.25) is 0 Å². The number of carbonyl (C=O) groups excluding carboxylic acids is 3. The van der Waals surface area contributed by atoms with Gasteiger partial charge in [0.1, 0.15) is 19.8 Å². The van der Waals surface area contributed by atoms with Gasteiger partial charge < -0.3 is 52.1 Å². The summed E-state index contributed by atoms with van der Waals surface area (Å²) < 4.78 is 65.4. The molecule has 6 aromatic rings. The van der Waals surface area contributed by atoms with Gasteiger partial charge in [0.2, 0.25) is 0 Å². The van der Waals surface area contributed by atoms with Crippen LogP contribution in [0.3, 0.4) is 0 Å². The Kier molecular flexibility index (Phi) is 22.5. The maximum absolute atomic E-state index is 13.3. The second-order valence-electron chi connectivity index (χ2n) is 16.0. The van der Waals surface area contributed by atoms with E-state index in [1.54, 1.807) is 55.5 Å². The number of rotatable bonds is 33. The van der Waals surface area contributed by atoms with Gasteiger partial charge >= 0.3 is 17.9 Å². The van der Waals surface area contributed by atoms with Gasteiger partial charge in [0.25, 0.3) is 0 Å². The highest BCUT2D eigenvalue weighted by molar-refractivity contribution is 7.25. The van der Waals surface area contributed by atoms with Crippen LogP contribution in [0.25, 0.3) is 40.3 Å². The molecule has 0 aliphatic rings. The quantitative estimate of drug-likeness (QED) is 0.00971. The number of benzene rings is 4. The lowest BCUT2D eigenvalue weighted by atomic mass is 9.88. The number of hydrogen-bond donors (Lipinski definition) is 0. The molecule has 0 radical (unpaired) electrons. The second kappa shape index (κ2) is 29.1. The summed E-state index contributed by atoms with van der Waals surface area (Å²) in [5.41, 5.74) is -0.503. The van der Waals surface area contributed by atoms with Crippen molar-refractivity contribution >= 4 is 80.9 Å². The van der Waals surface area contributed by atoms with Crippen molar-refractivity contribution in [3.05, 3.63) is 129 Å². The van der Waals surface area contributed by atoms with Gasteiger partial charge in [0, 0.05) is 41.1 Å². The van der Waals surface area contributed by atoms with Crippen molar-refractivity contribution in [3.63, 3.8) is 0 Å². The van der Waals surface area contributed by atoms with Gasteiger partial charge in [-0.15, -0.1) is 22.7 Å². The normalized spacial score (nSPS) is 12.1. The Morgan fingerprint density at radius 1 is 0.507 bits per heavy atom. The Hall–Kier alpha value is -5.51. The minimum atomic E-state index is -0.594. The molecular weight excluding hydrogens is 957 g/mol. The number of fused-ring (bicyclic) bond motifs is 4. The lowest BCUT2D eigenvalue weighted by molar-refractivity contribution is -0.157. The van der Waals surface area contributed by atoms with Crippen LogP contribution in [-0.4, -0.2) is 137 Å². The van der Waals surface area contributed by atoms with Crippen molar-refractivity contribution in [1.29, 1.82) is 0 Å². The van der Waals surface area contributed by atoms with E-state index >= 15 is 0 Å². The van der Waals surface area contributed by atoms with E-state index in [2.05, 4.69) is 6.58 Å². The third-order valence-corrected chi connectivity index (χ3v) is 13.4. The molecule has 0 fully saturated rings. The van der Waals surface area contributed by atoms with Gasteiger partial charge in [-0.1, -0.05) is 49.9 Å². The molecule has 0 amide bonds. The zero-order valence-electron chi connectivity index (χ0n) is 40.0. The molecule has 16 nitrogen and oxygen atoms in total. The Bertz CT molecular complexity index is 2650. The van der Waals surface area contributed by atoms with Gasteiger partial charge in [-0.3, -0.25) is 9.59 Å². The Labute approximate surface area is 419 Å². The number of ether oxygens (including phenoxy) is 11. The first-order valence-corrected chi connectivity index (χ1v) is 25.0. The van der Waals surface area contributed by atoms with Gasteiger partial charge in [0.05, 0.1) is 114 Å². The Balaban J connectivity index is 0.904. The van der Waals surface area contributed by atoms with Crippen LogP contribution in [0.5, 0.6) is 0 Å². The molecule has 0 aliphatic heterocycles. The highest BCUT2D eigenvalue weighted by atomic mass is 32.1. The molecule has 1 unspecified atom stereocenters. The molecule has 1 atom stereocenters. The summed E-state index contributed by atoms with van der Waals surface area (Å²) >= 11 is 2.90. The van der Waals surface area contributed by atoms with E-state index in [0.717, 1.165) is 15.5 Å². The predicted octanol–water partition coefficient (Wildman–Crippen LogP) is 7.76. The first-order chi connectivity index (χ1) is 34.6. The molecule has 2 aromatic heterocycles. The van der Waals surface area contributed by atoms with E-state index in [9.17, 15) is 24.0 Å². The molecule has 0 spiro atoms. The van der Waals surface area contributed by atoms with Gasteiger partial charge in [0.15, 0.2) is 17.1 Å². The molecule has 380 valence electrons. The predicted molar refractivity (Wildman–Crippen MR) is 272 cm³/mol. The Morgan fingerprint density at radius 2 is 0.887 bits per heavy atom. The largest absolute Gasteiger partial charge is 0.460 e. The summed E-state index contributed by atoms with van der Waals surface area (Å²) in [5.74, 6) is -1.71. The maximum Gasteiger partial charge on any atom is 0.339 e. The van der Waals surface area contributed by atoms with Crippen LogP contribution >= 0.6 is 22.7 Å². The minimum absolute atomic E-state index is 0.00792. The molecular formula is C53H60O16S2. The molecule has 71 heavy (non-hydrogen) atoms. The molecule has 4 aromatic carbocycles. The van der Waals surface area contributed by atoms with E-state index in [-0.39, 0.29) is 94.7 Å². The van der Waals surface area contributed by atoms with Crippen molar-refractivity contribution < 1.29 is 66.5 Å². The van der Waals surface area contributed by atoms with Crippen molar-refractivity contribution in [2.24, 2.45) is 5.41 Å². The standard InChI is InChI=1S/C53H60O16S2/c1-4-46(54)67-33-32-66-37(3)65-29-26-59-20-23-62-34-53(5-2,35-63-24-21-60-27-30-68-51(57)40-14-10-18-44-47(40)49(55)38-12-6-8-16-42(38)70-44)36-64-25-22-61-28-31-69-52(58)41-15-11-19-45-48(41)50(56)39-13-7-9-17-43(39)71-45/h4,6-19,37H,1,5,20-36H2,2-3H3. The molecule has 0 saturated carbocycles. The minimum Gasteiger partial charge on any atom is -0.460 e. The first kappa shape index (κ1) is 54.8. The molecule has 18 heteroatoms. The first-order valence-electron chi connectivity index (χ1n) is 23.4. The van der Waals surface area contributed by atoms with Crippen molar-refractivity contribution in [3.8, 4) is 0 Å². The molecule has 0 bridgehead atoms. The van der Waals surface area contributed by atoms with Crippen LogP contribution < -0.4 is 10.9 Å². The average molecular weight is 1020 g/mol. The van der Waals surface area contributed by atoms with E-state index in [1.807, 2.05) is 43.3 Å². The molecule has 0 aliphatic carbocycles. The van der Waals surface area contributed by atoms with Crippen LogP contribution in [0.4, 0.5) is 0 Å². The second-order valence-corrected chi connectivity index (χ2v) is 18.2. The highest BCUT2D eigenvalue weighted by Gasteiger charge is 2.30. The molecule has 0 saturated heterocycles. The fourth-order valence-electron chi connectivity index (χ4n) is 7.27. The lowest BCUT2D eigenvalue weighted by Gasteiger charge is -2.32. The van der Waals surface area contributed by atoms with Crippen LogP contribution in [-0.2, 0) is 56.9 Å². The van der Waals surface area contributed by atoms with Gasteiger partial charge in [-0.25, -0.2) is 14.4 Å². The van der Waals surface area contributed by atoms with E-state index < -0.39 is 29.6 Å². The van der Waals surface area contributed by atoms with Crippen LogP contribution in [0.1, 0.15) is 41.0 Å². The zero-order valence-corrected chi connectivity index (χ0v) is 41.7. The third kappa shape index (κ3) is 16.2. The van der Waals surface area contributed by atoms with Crippen LogP contribution in [0.15, 0.2) is 107 Å². The molecule has 0 N–H and O–H groups in total. The van der Waals surface area contributed by atoms with Crippen molar-refractivity contribution in [2.45, 2.75) is 26.6 Å². The maximum atomic E-state index is 13.3. The number of hydrogen-bond acceptors (Lipinski definition) is 18. The third-order valence-electron chi connectivity index (χ3n) is 11.1.